The van der Waals surface area contributed by atoms with E-state index in [-0.39, 0.29) is 24.1 Å². The Bertz CT molecular complexity index is 912. The molecule has 0 bridgehead atoms. The molecule has 2 aromatic rings. The number of imide groups is 1. The summed E-state index contributed by atoms with van der Waals surface area (Å²) in [4.78, 5) is 26.9. The van der Waals surface area contributed by atoms with Crippen LogP contribution in [0, 0.1) is 0 Å². The molecule has 7 heteroatoms. The lowest BCUT2D eigenvalue weighted by atomic mass is 10.0. The predicted molar refractivity (Wildman–Crippen MR) is 105 cm³/mol. The highest BCUT2D eigenvalue weighted by molar-refractivity contribution is 6.36. The van der Waals surface area contributed by atoms with Gasteiger partial charge in [-0.25, -0.2) is 0 Å². The molecule has 2 aromatic carbocycles. The van der Waals surface area contributed by atoms with Crippen LogP contribution >= 0.6 is 0 Å². The van der Waals surface area contributed by atoms with E-state index in [9.17, 15) is 9.59 Å². The van der Waals surface area contributed by atoms with Gasteiger partial charge in [-0.05, 0) is 24.6 Å². The minimum Gasteiger partial charge on any atom is -0.497 e. The maximum atomic E-state index is 12.9. The van der Waals surface area contributed by atoms with Crippen LogP contribution in [0.5, 0.6) is 17.2 Å². The zero-order valence-electron chi connectivity index (χ0n) is 16.2. The zero-order valence-corrected chi connectivity index (χ0v) is 16.2. The van der Waals surface area contributed by atoms with Crippen LogP contribution in [0.4, 0.5) is 5.69 Å². The van der Waals surface area contributed by atoms with Gasteiger partial charge in [-0.15, -0.1) is 0 Å². The molecule has 0 atom stereocenters. The lowest BCUT2D eigenvalue weighted by Crippen LogP contribution is -2.32. The van der Waals surface area contributed by atoms with Crippen LogP contribution in [0.2, 0.25) is 0 Å². The molecule has 0 unspecified atom stereocenters. The van der Waals surface area contributed by atoms with Gasteiger partial charge in [-0.3, -0.25) is 14.5 Å². The smallest absolute Gasteiger partial charge is 0.278 e. The van der Waals surface area contributed by atoms with Crippen molar-refractivity contribution < 1.29 is 23.8 Å². The van der Waals surface area contributed by atoms with Crippen LogP contribution in [0.1, 0.15) is 12.5 Å². The van der Waals surface area contributed by atoms with Gasteiger partial charge in [0.05, 0.1) is 26.9 Å². The van der Waals surface area contributed by atoms with Gasteiger partial charge in [0.15, 0.2) is 0 Å². The van der Waals surface area contributed by atoms with Crippen molar-refractivity contribution in [1.29, 1.82) is 0 Å². The number of nitrogens with one attached hydrogen (secondary N) is 1. The second-order valence-electron chi connectivity index (χ2n) is 6.06. The van der Waals surface area contributed by atoms with E-state index in [1.54, 1.807) is 70.7 Å². The van der Waals surface area contributed by atoms with Gasteiger partial charge in [0, 0.05) is 30.4 Å². The average Bonchev–Trinajstić information content (AvgIpc) is 2.96. The quantitative estimate of drug-likeness (QED) is 0.742. The van der Waals surface area contributed by atoms with Crippen LogP contribution < -0.4 is 19.5 Å². The van der Waals surface area contributed by atoms with E-state index in [0.717, 1.165) is 0 Å². The molecule has 1 aliphatic rings. The zero-order chi connectivity index (χ0) is 20.3. The molecule has 0 spiro atoms. The number of carbonyl (C=O) groups excluding carboxylic acids is 2. The van der Waals surface area contributed by atoms with Crippen molar-refractivity contribution in [3.63, 3.8) is 0 Å². The number of rotatable bonds is 7. The van der Waals surface area contributed by atoms with Crippen molar-refractivity contribution >= 4 is 23.1 Å². The van der Waals surface area contributed by atoms with E-state index in [0.29, 0.717) is 34.1 Å². The number of carbonyl (C=O) groups is 2. The molecule has 28 heavy (non-hydrogen) atoms. The third kappa shape index (κ3) is 3.51. The molecule has 0 radical (unpaired) electrons. The Morgan fingerprint density at radius 1 is 0.821 bits per heavy atom. The summed E-state index contributed by atoms with van der Waals surface area (Å²) in [6, 6.07) is 12.2. The Kier molecular flexibility index (Phi) is 5.54. The first-order chi connectivity index (χ1) is 13.5. The number of methoxy groups -OCH3 is 3. The second-order valence-corrected chi connectivity index (χ2v) is 6.06. The van der Waals surface area contributed by atoms with Gasteiger partial charge in [0.2, 0.25) is 0 Å². The molecule has 0 saturated carbocycles. The van der Waals surface area contributed by atoms with Crippen LogP contribution in [-0.2, 0) is 9.59 Å². The monoisotopic (exact) mass is 382 g/mol. The fourth-order valence-corrected chi connectivity index (χ4v) is 3.03. The highest BCUT2D eigenvalue weighted by atomic mass is 16.5. The van der Waals surface area contributed by atoms with Gasteiger partial charge < -0.3 is 19.5 Å². The molecule has 3 rings (SSSR count). The SMILES string of the molecule is CCN1C(=O)C(Nc2cc(OC)cc(OC)c2)=C(c2ccc(OC)cc2)C1=O. The van der Waals surface area contributed by atoms with Crippen LogP contribution in [-0.4, -0.2) is 44.6 Å². The minimum atomic E-state index is -0.375. The lowest BCUT2D eigenvalue weighted by molar-refractivity contribution is -0.136. The fourth-order valence-electron chi connectivity index (χ4n) is 3.03. The summed E-state index contributed by atoms with van der Waals surface area (Å²) in [7, 11) is 4.66. The highest BCUT2D eigenvalue weighted by Gasteiger charge is 2.38. The topological polar surface area (TPSA) is 77.1 Å². The molecule has 0 aliphatic carbocycles. The summed E-state index contributed by atoms with van der Waals surface area (Å²) < 4.78 is 15.7. The van der Waals surface area contributed by atoms with Crippen LogP contribution in [0.3, 0.4) is 0 Å². The number of hydrogen-bond donors (Lipinski definition) is 1. The Labute approximate surface area is 163 Å². The second kappa shape index (κ2) is 8.04. The van der Waals surface area contributed by atoms with Gasteiger partial charge in [-0.1, -0.05) is 12.1 Å². The Morgan fingerprint density at radius 2 is 1.39 bits per heavy atom. The Hall–Kier alpha value is -3.48. The van der Waals surface area contributed by atoms with Crippen molar-refractivity contribution in [3.05, 3.63) is 53.7 Å². The van der Waals surface area contributed by atoms with Crippen molar-refractivity contribution in [1.82, 2.24) is 4.90 Å². The number of amides is 2. The summed E-state index contributed by atoms with van der Waals surface area (Å²) >= 11 is 0. The van der Waals surface area contributed by atoms with E-state index >= 15 is 0 Å². The number of hydrogen-bond acceptors (Lipinski definition) is 6. The van der Waals surface area contributed by atoms with E-state index in [2.05, 4.69) is 5.32 Å². The number of ether oxygens (including phenoxy) is 3. The summed E-state index contributed by atoms with van der Waals surface area (Å²) in [6.07, 6.45) is 0. The van der Waals surface area contributed by atoms with Gasteiger partial charge in [-0.2, -0.15) is 0 Å². The first-order valence-corrected chi connectivity index (χ1v) is 8.77. The summed E-state index contributed by atoms with van der Waals surface area (Å²) in [5.41, 5.74) is 1.74. The van der Waals surface area contributed by atoms with E-state index in [4.69, 9.17) is 14.2 Å². The lowest BCUT2D eigenvalue weighted by Gasteiger charge is -2.13. The molecule has 1 N–H and O–H groups in total. The molecular weight excluding hydrogens is 360 g/mol. The molecule has 0 fully saturated rings. The fraction of sp³-hybridized carbons (Fsp3) is 0.238. The molecular formula is C21H22N2O5. The summed E-state index contributed by atoms with van der Waals surface area (Å²) in [5.74, 6) is 1.09. The highest BCUT2D eigenvalue weighted by Crippen LogP contribution is 2.33. The Morgan fingerprint density at radius 3 is 1.89 bits per heavy atom. The predicted octanol–water partition coefficient (Wildman–Crippen LogP) is 2.92. The van der Waals surface area contributed by atoms with Crippen molar-refractivity contribution in [3.8, 4) is 17.2 Å². The molecule has 7 nitrogen and oxygen atoms in total. The average molecular weight is 382 g/mol. The molecule has 0 aromatic heterocycles. The van der Waals surface area contributed by atoms with Crippen LogP contribution in [0.15, 0.2) is 48.2 Å². The number of benzene rings is 2. The Balaban J connectivity index is 2.08. The maximum absolute atomic E-state index is 12.9. The van der Waals surface area contributed by atoms with E-state index in [1.807, 2.05) is 0 Å². The molecule has 146 valence electrons. The number of nitrogens with zero attached hydrogens (tertiary/aromatic N) is 1. The van der Waals surface area contributed by atoms with E-state index < -0.39 is 0 Å². The minimum absolute atomic E-state index is 0.215. The van der Waals surface area contributed by atoms with E-state index in [1.165, 1.54) is 4.90 Å². The third-order valence-electron chi connectivity index (χ3n) is 4.48. The van der Waals surface area contributed by atoms with Gasteiger partial charge in [0.25, 0.3) is 11.8 Å². The molecule has 0 saturated heterocycles. The maximum Gasteiger partial charge on any atom is 0.278 e. The molecule has 1 heterocycles. The van der Waals surface area contributed by atoms with Crippen molar-refractivity contribution in [2.45, 2.75) is 6.92 Å². The van der Waals surface area contributed by atoms with Crippen molar-refractivity contribution in [2.75, 3.05) is 33.2 Å². The third-order valence-corrected chi connectivity index (χ3v) is 4.48. The largest absolute Gasteiger partial charge is 0.497 e. The molecule has 2 amide bonds. The molecule has 1 aliphatic heterocycles. The first-order valence-electron chi connectivity index (χ1n) is 8.77. The standard InChI is InChI=1S/C21H22N2O5/c1-5-23-20(24)18(13-6-8-15(26-2)9-7-13)19(21(23)25)22-14-10-16(27-3)12-17(11-14)28-4/h6-12,22H,5H2,1-4H3. The van der Waals surface area contributed by atoms with Crippen LogP contribution in [0.25, 0.3) is 5.57 Å². The summed E-state index contributed by atoms with van der Waals surface area (Å²) in [6.45, 7) is 2.04. The first kappa shape index (κ1) is 19.3. The number of likely N-dealkylation sites (N-methyl/N-ethyl adjacent to an activating group) is 1. The number of anilines is 1. The normalized spacial score (nSPS) is 13.8. The van der Waals surface area contributed by atoms with Crippen molar-refractivity contribution in [2.24, 2.45) is 0 Å². The van der Waals surface area contributed by atoms with Gasteiger partial charge in [0.1, 0.15) is 22.9 Å². The van der Waals surface area contributed by atoms with Gasteiger partial charge >= 0.3 is 0 Å². The summed E-state index contributed by atoms with van der Waals surface area (Å²) in [5, 5.41) is 3.09.